The lowest BCUT2D eigenvalue weighted by molar-refractivity contribution is -0.276. The van der Waals surface area contributed by atoms with Gasteiger partial charge in [0.05, 0.1) is 11.7 Å². The van der Waals surface area contributed by atoms with Crippen molar-refractivity contribution in [3.8, 4) is 0 Å². The van der Waals surface area contributed by atoms with Crippen molar-refractivity contribution in [2.24, 2.45) is 0 Å². The van der Waals surface area contributed by atoms with Gasteiger partial charge in [-0.3, -0.25) is 0 Å². The second kappa shape index (κ2) is 5.66. The summed E-state index contributed by atoms with van der Waals surface area (Å²) in [6.07, 6.45) is -6.15. The lowest BCUT2D eigenvalue weighted by atomic mass is 10.00. The molecule has 0 amide bonds. The van der Waals surface area contributed by atoms with Crippen LogP contribution in [0.15, 0.2) is 30.3 Å². The molecule has 0 saturated carbocycles. The quantitative estimate of drug-likeness (QED) is 0.636. The van der Waals surface area contributed by atoms with Crippen LogP contribution in [0.2, 0.25) is 0 Å². The summed E-state index contributed by atoms with van der Waals surface area (Å²) in [4.78, 5) is 11.8. The second-order valence-electron chi connectivity index (χ2n) is 4.45. The van der Waals surface area contributed by atoms with Gasteiger partial charge in [-0.15, -0.1) is 0 Å². The zero-order chi connectivity index (χ0) is 14.0. The Hall–Kier alpha value is -1.47. The summed E-state index contributed by atoms with van der Waals surface area (Å²) in [5.41, 5.74) is 0.287. The summed E-state index contributed by atoms with van der Waals surface area (Å²) >= 11 is 0. The third-order valence-corrected chi connectivity index (χ3v) is 3.06. The van der Waals surface area contributed by atoms with E-state index in [4.69, 9.17) is 9.47 Å². The van der Waals surface area contributed by atoms with E-state index in [1.807, 2.05) is 0 Å². The number of carbonyl (C=O) groups excluding carboxylic acids is 1. The summed E-state index contributed by atoms with van der Waals surface area (Å²) in [5.74, 6) is -0.700. The molecule has 0 aromatic heterocycles. The lowest BCUT2D eigenvalue weighted by Gasteiger charge is -2.38. The largest absolute Gasteiger partial charge is 0.450 e. The minimum absolute atomic E-state index is 0.287. The molecule has 6 nitrogen and oxygen atoms in total. The molecule has 0 bridgehead atoms. The molecule has 104 valence electrons. The minimum Gasteiger partial charge on any atom is -0.450 e. The van der Waals surface area contributed by atoms with Crippen LogP contribution in [0.5, 0.6) is 0 Å². The molecule has 1 heterocycles. The minimum atomic E-state index is -1.47. The average molecular weight is 268 g/mol. The first-order valence-electron chi connectivity index (χ1n) is 5.96. The van der Waals surface area contributed by atoms with E-state index in [0.29, 0.717) is 0 Å². The predicted molar refractivity (Wildman–Crippen MR) is 64.2 cm³/mol. The van der Waals surface area contributed by atoms with Crippen LogP contribution >= 0.6 is 0 Å². The average Bonchev–Trinajstić information content (AvgIpc) is 2.42. The van der Waals surface area contributed by atoms with E-state index in [0.717, 1.165) is 0 Å². The molecule has 0 aliphatic carbocycles. The topological polar surface area (TPSA) is 96.2 Å². The van der Waals surface area contributed by atoms with Crippen molar-refractivity contribution in [3.05, 3.63) is 35.9 Å². The highest BCUT2D eigenvalue weighted by Crippen LogP contribution is 2.22. The molecule has 2 rings (SSSR count). The molecule has 0 radical (unpaired) electrons. The number of hydrogen-bond donors (Lipinski definition) is 3. The number of aliphatic hydroxyl groups is 3. The summed E-state index contributed by atoms with van der Waals surface area (Å²) < 4.78 is 9.98. The van der Waals surface area contributed by atoms with Gasteiger partial charge in [0.2, 0.25) is 0 Å². The summed E-state index contributed by atoms with van der Waals surface area (Å²) in [6.45, 7) is 1.51. The van der Waals surface area contributed by atoms with Crippen molar-refractivity contribution < 1.29 is 29.6 Å². The number of rotatable bonds is 2. The Balaban J connectivity index is 2.08. The number of esters is 1. The fraction of sp³-hybridized carbons (Fsp3) is 0.462. The first kappa shape index (κ1) is 14.0. The maximum Gasteiger partial charge on any atom is 0.338 e. The molecule has 1 saturated heterocycles. The van der Waals surface area contributed by atoms with Gasteiger partial charge in [0.25, 0.3) is 0 Å². The molecule has 0 spiro atoms. The molecule has 1 aliphatic rings. The van der Waals surface area contributed by atoms with Gasteiger partial charge in [-0.1, -0.05) is 18.2 Å². The van der Waals surface area contributed by atoms with Crippen LogP contribution < -0.4 is 0 Å². The maximum atomic E-state index is 11.8. The molecule has 5 atom stereocenters. The van der Waals surface area contributed by atoms with Gasteiger partial charge in [0.1, 0.15) is 12.2 Å². The maximum absolute atomic E-state index is 11.8. The van der Waals surface area contributed by atoms with Crippen LogP contribution in [-0.4, -0.2) is 52.0 Å². The van der Waals surface area contributed by atoms with Gasteiger partial charge in [-0.2, -0.15) is 0 Å². The lowest BCUT2D eigenvalue weighted by Crippen LogP contribution is -2.58. The fourth-order valence-corrected chi connectivity index (χ4v) is 1.91. The highest BCUT2D eigenvalue weighted by molar-refractivity contribution is 5.89. The highest BCUT2D eigenvalue weighted by atomic mass is 16.7. The van der Waals surface area contributed by atoms with Crippen LogP contribution in [-0.2, 0) is 9.47 Å². The van der Waals surface area contributed by atoms with Gasteiger partial charge < -0.3 is 24.8 Å². The molecular formula is C13H16O6. The fourth-order valence-electron chi connectivity index (χ4n) is 1.91. The van der Waals surface area contributed by atoms with Crippen LogP contribution in [0.25, 0.3) is 0 Å². The van der Waals surface area contributed by atoms with Gasteiger partial charge >= 0.3 is 5.97 Å². The number of hydrogen-bond acceptors (Lipinski definition) is 6. The van der Waals surface area contributed by atoms with Crippen molar-refractivity contribution in [1.82, 2.24) is 0 Å². The Bertz CT molecular complexity index is 434. The highest BCUT2D eigenvalue weighted by Gasteiger charge is 2.44. The van der Waals surface area contributed by atoms with Gasteiger partial charge in [-0.05, 0) is 19.1 Å². The van der Waals surface area contributed by atoms with E-state index in [1.165, 1.54) is 6.92 Å². The first-order chi connectivity index (χ1) is 9.00. The summed E-state index contributed by atoms with van der Waals surface area (Å²) in [6, 6.07) is 8.17. The van der Waals surface area contributed by atoms with E-state index in [1.54, 1.807) is 30.3 Å². The molecule has 3 N–H and O–H groups in total. The Morgan fingerprint density at radius 3 is 2.42 bits per heavy atom. The van der Waals surface area contributed by atoms with Crippen molar-refractivity contribution in [1.29, 1.82) is 0 Å². The van der Waals surface area contributed by atoms with Crippen LogP contribution in [0.3, 0.4) is 0 Å². The third kappa shape index (κ3) is 2.93. The predicted octanol–water partition coefficient (Wildman–Crippen LogP) is -0.329. The standard InChI is InChI=1S/C13H16O6/c1-7-9(14)10(15)11(13(17)18-7)19-12(16)8-5-3-2-4-6-8/h2-7,9-11,13-15,17H,1H3/t7-,9-,10+,11+,13-/m0/s1. The van der Waals surface area contributed by atoms with Gasteiger partial charge in [0.15, 0.2) is 12.4 Å². The van der Waals surface area contributed by atoms with Gasteiger partial charge in [0, 0.05) is 0 Å². The SMILES string of the molecule is C[C@@H]1O[C@H](O)[C@H](OC(=O)c2ccccc2)[C@H](O)[C@H]1O. The number of carbonyl (C=O) groups is 1. The zero-order valence-corrected chi connectivity index (χ0v) is 10.3. The molecule has 1 aromatic rings. The third-order valence-electron chi connectivity index (χ3n) is 3.06. The Labute approximate surface area is 110 Å². The summed E-state index contributed by atoms with van der Waals surface area (Å²) in [7, 11) is 0. The monoisotopic (exact) mass is 268 g/mol. The van der Waals surface area contributed by atoms with Crippen molar-refractivity contribution in [3.63, 3.8) is 0 Å². The van der Waals surface area contributed by atoms with Crippen molar-refractivity contribution in [2.75, 3.05) is 0 Å². The zero-order valence-electron chi connectivity index (χ0n) is 10.3. The number of ether oxygens (including phenoxy) is 2. The second-order valence-corrected chi connectivity index (χ2v) is 4.45. The molecule has 6 heteroatoms. The molecule has 1 aliphatic heterocycles. The Kier molecular flexibility index (Phi) is 4.16. The van der Waals surface area contributed by atoms with E-state index in [2.05, 4.69) is 0 Å². The molecule has 1 fully saturated rings. The number of aliphatic hydroxyl groups excluding tert-OH is 3. The van der Waals surface area contributed by atoms with Crippen molar-refractivity contribution in [2.45, 2.75) is 37.6 Å². The molecule has 1 aromatic carbocycles. The molecule has 19 heavy (non-hydrogen) atoms. The van der Waals surface area contributed by atoms with Gasteiger partial charge in [-0.25, -0.2) is 4.79 Å². The Morgan fingerprint density at radius 2 is 1.79 bits per heavy atom. The van der Waals surface area contributed by atoms with E-state index >= 15 is 0 Å². The summed E-state index contributed by atoms with van der Waals surface area (Å²) in [5, 5.41) is 29.1. The molecule has 0 unspecified atom stereocenters. The van der Waals surface area contributed by atoms with E-state index in [9.17, 15) is 20.1 Å². The molecular weight excluding hydrogens is 252 g/mol. The van der Waals surface area contributed by atoms with Crippen molar-refractivity contribution >= 4 is 5.97 Å². The van der Waals surface area contributed by atoms with E-state index < -0.39 is 36.7 Å². The van der Waals surface area contributed by atoms with E-state index in [-0.39, 0.29) is 5.56 Å². The van der Waals surface area contributed by atoms with Crippen LogP contribution in [0.4, 0.5) is 0 Å². The Morgan fingerprint density at radius 1 is 1.16 bits per heavy atom. The van der Waals surface area contributed by atoms with Crippen LogP contribution in [0, 0.1) is 0 Å². The first-order valence-corrected chi connectivity index (χ1v) is 5.96. The normalized spacial score (nSPS) is 34.8. The smallest absolute Gasteiger partial charge is 0.338 e. The number of benzene rings is 1. The van der Waals surface area contributed by atoms with Crippen LogP contribution in [0.1, 0.15) is 17.3 Å².